The van der Waals surface area contributed by atoms with Gasteiger partial charge in [0.05, 0.1) is 0 Å². The van der Waals surface area contributed by atoms with E-state index in [1.807, 2.05) is 36.1 Å². The Labute approximate surface area is 150 Å². The molecule has 2 heterocycles. The van der Waals surface area contributed by atoms with Crippen LogP contribution in [0, 0.1) is 12.7 Å². The summed E-state index contributed by atoms with van der Waals surface area (Å²) in [5, 5.41) is 4.03. The summed E-state index contributed by atoms with van der Waals surface area (Å²) in [6.07, 6.45) is 0.369. The van der Waals surface area contributed by atoms with Crippen LogP contribution in [0.5, 0.6) is 0 Å². The van der Waals surface area contributed by atoms with E-state index in [1.165, 1.54) is 17.7 Å². The van der Waals surface area contributed by atoms with Crippen molar-refractivity contribution in [1.29, 1.82) is 0 Å². The molecule has 0 bridgehead atoms. The van der Waals surface area contributed by atoms with Crippen LogP contribution in [0.3, 0.4) is 0 Å². The van der Waals surface area contributed by atoms with Gasteiger partial charge in [0.25, 0.3) is 5.89 Å². The van der Waals surface area contributed by atoms with E-state index >= 15 is 0 Å². The first-order valence-electron chi connectivity index (χ1n) is 8.52. The molecular weight excluding hydrogens is 333 g/mol. The van der Waals surface area contributed by atoms with Crippen molar-refractivity contribution in [2.45, 2.75) is 25.8 Å². The number of halogens is 1. The Morgan fingerprint density at radius 2 is 1.96 bits per heavy atom. The lowest BCUT2D eigenvalue weighted by Gasteiger charge is -2.17. The topological polar surface area (TPSA) is 59.2 Å². The van der Waals surface area contributed by atoms with E-state index in [1.54, 1.807) is 12.1 Å². The lowest BCUT2D eigenvalue weighted by atomic mass is 10.1. The van der Waals surface area contributed by atoms with Crippen molar-refractivity contribution in [3.05, 3.63) is 71.3 Å². The van der Waals surface area contributed by atoms with Crippen LogP contribution in [0.2, 0.25) is 0 Å². The number of carbonyl (C=O) groups excluding carboxylic acids is 1. The Hall–Kier alpha value is -3.02. The SMILES string of the molecule is Cc1ccccc1CN1CC(c2noc(-c3ccc(F)cc3)n2)CC1=O. The first-order chi connectivity index (χ1) is 12.6. The zero-order valence-corrected chi connectivity index (χ0v) is 14.4. The van der Waals surface area contributed by atoms with Gasteiger partial charge in [0.1, 0.15) is 5.82 Å². The van der Waals surface area contributed by atoms with E-state index in [9.17, 15) is 9.18 Å². The molecule has 0 saturated carbocycles. The Bertz CT molecular complexity index is 936. The molecule has 1 saturated heterocycles. The van der Waals surface area contributed by atoms with Crippen LogP contribution in [0.15, 0.2) is 53.1 Å². The van der Waals surface area contributed by atoms with Gasteiger partial charge in [0, 0.05) is 31.0 Å². The Morgan fingerprint density at radius 3 is 2.73 bits per heavy atom. The summed E-state index contributed by atoms with van der Waals surface area (Å²) in [7, 11) is 0. The van der Waals surface area contributed by atoms with E-state index < -0.39 is 0 Å². The minimum Gasteiger partial charge on any atom is -0.338 e. The number of benzene rings is 2. The molecule has 4 rings (SSSR count). The fourth-order valence-electron chi connectivity index (χ4n) is 3.20. The van der Waals surface area contributed by atoms with Crippen LogP contribution in [0.1, 0.15) is 29.3 Å². The van der Waals surface area contributed by atoms with Crippen molar-refractivity contribution < 1.29 is 13.7 Å². The summed E-state index contributed by atoms with van der Waals surface area (Å²) in [5.41, 5.74) is 2.97. The predicted molar refractivity (Wildman–Crippen MR) is 93.6 cm³/mol. The molecule has 1 atom stereocenters. The summed E-state index contributed by atoms with van der Waals surface area (Å²) in [5.74, 6) is 0.535. The van der Waals surface area contributed by atoms with Crippen molar-refractivity contribution in [2.24, 2.45) is 0 Å². The zero-order chi connectivity index (χ0) is 18.1. The van der Waals surface area contributed by atoms with Gasteiger partial charge in [0.2, 0.25) is 5.91 Å². The normalized spacial score (nSPS) is 17.1. The van der Waals surface area contributed by atoms with E-state index in [-0.39, 0.29) is 17.6 Å². The Morgan fingerprint density at radius 1 is 1.19 bits per heavy atom. The fraction of sp³-hybridized carbons (Fsp3) is 0.250. The lowest BCUT2D eigenvalue weighted by molar-refractivity contribution is -0.128. The number of hydrogen-bond acceptors (Lipinski definition) is 4. The van der Waals surface area contributed by atoms with Crippen LogP contribution in [-0.4, -0.2) is 27.5 Å². The van der Waals surface area contributed by atoms with E-state index in [2.05, 4.69) is 10.1 Å². The van der Waals surface area contributed by atoms with Crippen LogP contribution >= 0.6 is 0 Å². The highest BCUT2D eigenvalue weighted by Gasteiger charge is 2.33. The molecule has 1 amide bonds. The van der Waals surface area contributed by atoms with Crippen molar-refractivity contribution in [3.63, 3.8) is 0 Å². The molecular formula is C20H18FN3O2. The summed E-state index contributed by atoms with van der Waals surface area (Å²) in [6, 6.07) is 13.9. The number of rotatable bonds is 4. The van der Waals surface area contributed by atoms with Gasteiger partial charge in [-0.2, -0.15) is 4.98 Å². The van der Waals surface area contributed by atoms with Gasteiger partial charge < -0.3 is 9.42 Å². The molecule has 5 nitrogen and oxygen atoms in total. The largest absolute Gasteiger partial charge is 0.338 e. The van der Waals surface area contributed by atoms with E-state index in [4.69, 9.17) is 4.52 Å². The summed E-state index contributed by atoms with van der Waals surface area (Å²) in [6.45, 7) is 3.20. The Balaban J connectivity index is 1.49. The third kappa shape index (κ3) is 3.22. The molecule has 6 heteroatoms. The molecule has 1 aliphatic rings. The van der Waals surface area contributed by atoms with Gasteiger partial charge in [-0.05, 0) is 42.3 Å². The average molecular weight is 351 g/mol. The standard InChI is InChI=1S/C20H18FN3O2/c1-13-4-2-3-5-15(13)11-24-12-16(10-18(24)25)19-22-20(26-23-19)14-6-8-17(21)9-7-14/h2-9,16H,10-12H2,1H3. The minimum absolute atomic E-state index is 0.0892. The third-order valence-corrected chi connectivity index (χ3v) is 4.74. The van der Waals surface area contributed by atoms with Gasteiger partial charge in [-0.25, -0.2) is 4.39 Å². The molecule has 1 aliphatic heterocycles. The van der Waals surface area contributed by atoms with E-state index in [0.717, 1.165) is 5.56 Å². The Kier molecular flexibility index (Phi) is 4.24. The molecule has 26 heavy (non-hydrogen) atoms. The van der Waals surface area contributed by atoms with Crippen molar-refractivity contribution in [1.82, 2.24) is 15.0 Å². The molecule has 132 valence electrons. The van der Waals surface area contributed by atoms with Crippen molar-refractivity contribution in [3.8, 4) is 11.5 Å². The van der Waals surface area contributed by atoms with Crippen LogP contribution < -0.4 is 0 Å². The quantitative estimate of drug-likeness (QED) is 0.719. The van der Waals surface area contributed by atoms with Crippen molar-refractivity contribution in [2.75, 3.05) is 6.54 Å². The van der Waals surface area contributed by atoms with Crippen LogP contribution in [0.25, 0.3) is 11.5 Å². The highest BCUT2D eigenvalue weighted by Crippen LogP contribution is 2.29. The molecule has 1 fully saturated rings. The maximum absolute atomic E-state index is 13.0. The predicted octanol–water partition coefficient (Wildman–Crippen LogP) is 3.70. The number of carbonyl (C=O) groups is 1. The number of aromatic nitrogens is 2. The number of amides is 1. The van der Waals surface area contributed by atoms with Gasteiger partial charge in [0.15, 0.2) is 5.82 Å². The average Bonchev–Trinajstić information content (AvgIpc) is 3.25. The van der Waals surface area contributed by atoms with Crippen LogP contribution in [0.4, 0.5) is 4.39 Å². The molecule has 0 aliphatic carbocycles. The first-order valence-corrected chi connectivity index (χ1v) is 8.52. The summed E-state index contributed by atoms with van der Waals surface area (Å²) >= 11 is 0. The number of hydrogen-bond donors (Lipinski definition) is 0. The maximum atomic E-state index is 13.0. The second-order valence-corrected chi connectivity index (χ2v) is 6.57. The van der Waals surface area contributed by atoms with E-state index in [0.29, 0.717) is 36.8 Å². The highest BCUT2D eigenvalue weighted by molar-refractivity contribution is 5.79. The summed E-state index contributed by atoms with van der Waals surface area (Å²) < 4.78 is 18.3. The first kappa shape index (κ1) is 16.4. The van der Waals surface area contributed by atoms with Crippen molar-refractivity contribution >= 4 is 5.91 Å². The molecule has 3 aromatic rings. The molecule has 1 aromatic heterocycles. The number of aryl methyl sites for hydroxylation is 1. The monoisotopic (exact) mass is 351 g/mol. The third-order valence-electron chi connectivity index (χ3n) is 4.74. The zero-order valence-electron chi connectivity index (χ0n) is 14.4. The highest BCUT2D eigenvalue weighted by atomic mass is 19.1. The van der Waals surface area contributed by atoms with Gasteiger partial charge >= 0.3 is 0 Å². The summed E-state index contributed by atoms with van der Waals surface area (Å²) in [4.78, 5) is 18.6. The number of nitrogens with zero attached hydrogens (tertiary/aromatic N) is 3. The lowest BCUT2D eigenvalue weighted by Crippen LogP contribution is -2.24. The second kappa shape index (κ2) is 6.71. The fourth-order valence-corrected chi connectivity index (χ4v) is 3.20. The smallest absolute Gasteiger partial charge is 0.257 e. The van der Waals surface area contributed by atoms with Gasteiger partial charge in [-0.3, -0.25) is 4.79 Å². The maximum Gasteiger partial charge on any atom is 0.257 e. The molecule has 0 spiro atoms. The van der Waals surface area contributed by atoms with Gasteiger partial charge in [-0.15, -0.1) is 0 Å². The number of likely N-dealkylation sites (tertiary alicyclic amines) is 1. The molecule has 1 unspecified atom stereocenters. The minimum atomic E-state index is -0.318. The van der Waals surface area contributed by atoms with Crippen LogP contribution in [-0.2, 0) is 11.3 Å². The van der Waals surface area contributed by atoms with Gasteiger partial charge in [-0.1, -0.05) is 29.4 Å². The second-order valence-electron chi connectivity index (χ2n) is 6.57. The molecule has 0 radical (unpaired) electrons. The molecule has 0 N–H and O–H groups in total. The molecule has 2 aromatic carbocycles.